The minimum absolute atomic E-state index is 0.124. The molecule has 0 spiro atoms. The summed E-state index contributed by atoms with van der Waals surface area (Å²) in [5.41, 5.74) is 6.05. The molecule has 2 N–H and O–H groups in total. The zero-order valence-corrected chi connectivity index (χ0v) is 9.25. The van der Waals surface area contributed by atoms with Crippen molar-refractivity contribution < 1.29 is 4.79 Å². The fraction of sp³-hybridized carbons (Fsp3) is 0.0833. The van der Waals surface area contributed by atoms with Gasteiger partial charge < -0.3 is 5.73 Å². The van der Waals surface area contributed by atoms with Gasteiger partial charge in [-0.1, -0.05) is 18.2 Å². The maximum atomic E-state index is 12.1. The highest BCUT2D eigenvalue weighted by Gasteiger charge is 2.14. The van der Waals surface area contributed by atoms with Crippen LogP contribution in [0.3, 0.4) is 0 Å². The van der Waals surface area contributed by atoms with E-state index in [9.17, 15) is 9.59 Å². The molecule has 5 nitrogen and oxygen atoms in total. The van der Waals surface area contributed by atoms with Crippen LogP contribution in [0.5, 0.6) is 0 Å². The molecule has 1 heterocycles. The third kappa shape index (κ3) is 1.94. The van der Waals surface area contributed by atoms with E-state index in [4.69, 9.17) is 5.73 Å². The zero-order chi connectivity index (χ0) is 12.4. The smallest absolute Gasteiger partial charge is 0.356 e. The van der Waals surface area contributed by atoms with Crippen molar-refractivity contribution in [3.8, 4) is 0 Å². The summed E-state index contributed by atoms with van der Waals surface area (Å²) >= 11 is 0. The molecular formula is C12H11N3O2. The average molecular weight is 229 g/mol. The fourth-order valence-corrected chi connectivity index (χ4v) is 1.46. The zero-order valence-electron chi connectivity index (χ0n) is 9.25. The van der Waals surface area contributed by atoms with Crippen molar-refractivity contribution >= 4 is 11.7 Å². The molecule has 0 radical (unpaired) electrons. The van der Waals surface area contributed by atoms with Gasteiger partial charge in [-0.2, -0.15) is 0 Å². The number of hydrogen-bond acceptors (Lipinski definition) is 4. The first-order valence-corrected chi connectivity index (χ1v) is 5.05. The second kappa shape index (κ2) is 4.21. The van der Waals surface area contributed by atoms with Crippen LogP contribution in [0.15, 0.2) is 41.3 Å². The number of carbonyl (C=O) groups is 1. The van der Waals surface area contributed by atoms with E-state index in [1.54, 1.807) is 37.3 Å². The Bertz CT molecular complexity index is 617. The Labute approximate surface area is 97.5 Å². The second-order valence-electron chi connectivity index (χ2n) is 3.62. The predicted molar refractivity (Wildman–Crippen MR) is 63.8 cm³/mol. The monoisotopic (exact) mass is 229 g/mol. The Kier molecular flexibility index (Phi) is 2.74. The molecule has 0 atom stereocenters. The second-order valence-corrected chi connectivity index (χ2v) is 3.62. The number of aryl methyl sites for hydroxylation is 1. The number of nitrogens with two attached hydrogens (primary N) is 1. The van der Waals surface area contributed by atoms with Crippen LogP contribution >= 0.6 is 0 Å². The van der Waals surface area contributed by atoms with Crippen LogP contribution in [0.25, 0.3) is 0 Å². The highest BCUT2D eigenvalue weighted by Crippen LogP contribution is 2.08. The van der Waals surface area contributed by atoms with Gasteiger partial charge in [0, 0.05) is 17.3 Å². The van der Waals surface area contributed by atoms with E-state index in [1.807, 2.05) is 0 Å². The lowest BCUT2D eigenvalue weighted by Gasteiger charge is -2.08. The Morgan fingerprint density at radius 1 is 1.29 bits per heavy atom. The van der Waals surface area contributed by atoms with Gasteiger partial charge in [0.2, 0.25) is 0 Å². The normalized spacial score (nSPS) is 10.2. The van der Waals surface area contributed by atoms with E-state index in [0.29, 0.717) is 11.1 Å². The molecule has 0 amide bonds. The lowest BCUT2D eigenvalue weighted by atomic mass is 10.2. The number of carbonyl (C=O) groups excluding carboxylic acids is 1. The van der Waals surface area contributed by atoms with Crippen molar-refractivity contribution in [3.05, 3.63) is 58.1 Å². The van der Waals surface area contributed by atoms with Crippen LogP contribution in [0.4, 0.5) is 5.82 Å². The number of rotatable bonds is 1. The van der Waals surface area contributed by atoms with Gasteiger partial charge >= 0.3 is 5.69 Å². The molecule has 0 unspecified atom stereocenters. The maximum Gasteiger partial charge on any atom is 0.356 e. The van der Waals surface area contributed by atoms with Crippen molar-refractivity contribution in [3.63, 3.8) is 0 Å². The van der Waals surface area contributed by atoms with Crippen molar-refractivity contribution in [2.45, 2.75) is 6.92 Å². The number of hydrogen-bond donors (Lipinski definition) is 1. The van der Waals surface area contributed by atoms with Gasteiger partial charge in [-0.25, -0.2) is 14.3 Å². The SMILES string of the molecule is Cc1cnc(=O)n(C(=O)c2ccccc2)c1N. The lowest BCUT2D eigenvalue weighted by Crippen LogP contribution is -2.31. The summed E-state index contributed by atoms with van der Waals surface area (Å²) in [6, 6.07) is 8.47. The number of anilines is 1. The Balaban J connectivity index is 2.60. The van der Waals surface area contributed by atoms with Gasteiger partial charge in [-0.15, -0.1) is 0 Å². The van der Waals surface area contributed by atoms with Crippen molar-refractivity contribution in [1.29, 1.82) is 0 Å². The van der Waals surface area contributed by atoms with Crippen molar-refractivity contribution in [1.82, 2.24) is 9.55 Å². The third-order valence-electron chi connectivity index (χ3n) is 2.43. The molecule has 0 bridgehead atoms. The van der Waals surface area contributed by atoms with Crippen LogP contribution in [0.2, 0.25) is 0 Å². The molecule has 17 heavy (non-hydrogen) atoms. The Morgan fingerprint density at radius 3 is 2.59 bits per heavy atom. The minimum atomic E-state index is -0.665. The van der Waals surface area contributed by atoms with Gasteiger partial charge in [0.25, 0.3) is 5.91 Å². The van der Waals surface area contributed by atoms with Gasteiger partial charge in [-0.05, 0) is 19.1 Å². The molecule has 0 saturated heterocycles. The molecule has 0 aliphatic rings. The van der Waals surface area contributed by atoms with E-state index in [0.717, 1.165) is 4.57 Å². The number of aromatic nitrogens is 2. The highest BCUT2D eigenvalue weighted by atomic mass is 16.2. The van der Waals surface area contributed by atoms with E-state index < -0.39 is 11.6 Å². The third-order valence-corrected chi connectivity index (χ3v) is 2.43. The summed E-state index contributed by atoms with van der Waals surface area (Å²) < 4.78 is 0.880. The highest BCUT2D eigenvalue weighted by molar-refractivity contribution is 5.97. The fourth-order valence-electron chi connectivity index (χ4n) is 1.46. The molecule has 2 aromatic rings. The number of benzene rings is 1. The van der Waals surface area contributed by atoms with Gasteiger partial charge in [0.1, 0.15) is 5.82 Å². The molecule has 1 aromatic heterocycles. The molecule has 0 saturated carbocycles. The molecule has 1 aromatic carbocycles. The summed E-state index contributed by atoms with van der Waals surface area (Å²) in [6.45, 7) is 1.69. The van der Waals surface area contributed by atoms with E-state index >= 15 is 0 Å². The summed E-state index contributed by atoms with van der Waals surface area (Å²) in [4.78, 5) is 27.2. The standard InChI is InChI=1S/C12H11N3O2/c1-8-7-14-12(17)15(10(8)13)11(16)9-5-3-2-4-6-9/h2-7H,13H2,1H3. The van der Waals surface area contributed by atoms with Gasteiger partial charge in [-0.3, -0.25) is 4.79 Å². The Hall–Kier alpha value is -2.43. The summed E-state index contributed by atoms with van der Waals surface area (Å²) in [7, 11) is 0. The van der Waals surface area contributed by atoms with Gasteiger partial charge in [0.05, 0.1) is 0 Å². The predicted octanol–water partition coefficient (Wildman–Crippen LogP) is 0.822. The van der Waals surface area contributed by atoms with Crippen LogP contribution < -0.4 is 11.4 Å². The van der Waals surface area contributed by atoms with E-state index in [1.165, 1.54) is 6.20 Å². The first-order chi connectivity index (χ1) is 8.11. The average Bonchev–Trinajstić information content (AvgIpc) is 2.35. The molecule has 0 aliphatic carbocycles. The van der Waals surface area contributed by atoms with Crippen molar-refractivity contribution in [2.24, 2.45) is 0 Å². The lowest BCUT2D eigenvalue weighted by molar-refractivity contribution is 0.0957. The van der Waals surface area contributed by atoms with Crippen molar-refractivity contribution in [2.75, 3.05) is 5.73 Å². The van der Waals surface area contributed by atoms with E-state index in [2.05, 4.69) is 4.98 Å². The summed E-state index contributed by atoms with van der Waals surface area (Å²) in [5.74, 6) is -0.344. The molecule has 86 valence electrons. The molecule has 0 aliphatic heterocycles. The first-order valence-electron chi connectivity index (χ1n) is 5.05. The van der Waals surface area contributed by atoms with Crippen LogP contribution in [-0.2, 0) is 0 Å². The number of nitrogens with zero attached hydrogens (tertiary/aromatic N) is 2. The topological polar surface area (TPSA) is 78.0 Å². The first kappa shape index (κ1) is 11.1. The molecule has 5 heteroatoms. The summed E-state index contributed by atoms with van der Waals surface area (Å²) in [5, 5.41) is 0. The van der Waals surface area contributed by atoms with Crippen LogP contribution in [-0.4, -0.2) is 15.5 Å². The summed E-state index contributed by atoms with van der Waals surface area (Å²) in [6.07, 6.45) is 1.35. The van der Waals surface area contributed by atoms with Crippen LogP contribution in [0, 0.1) is 6.92 Å². The molecule has 0 fully saturated rings. The largest absolute Gasteiger partial charge is 0.384 e. The molecule has 2 rings (SSSR count). The quantitative estimate of drug-likeness (QED) is 0.785. The molecular weight excluding hydrogens is 218 g/mol. The van der Waals surface area contributed by atoms with E-state index in [-0.39, 0.29) is 5.82 Å². The Morgan fingerprint density at radius 2 is 1.94 bits per heavy atom. The van der Waals surface area contributed by atoms with Gasteiger partial charge in [0.15, 0.2) is 0 Å². The number of nitrogen functional groups attached to an aromatic ring is 1. The maximum absolute atomic E-state index is 12.1. The minimum Gasteiger partial charge on any atom is -0.384 e. The van der Waals surface area contributed by atoms with Crippen LogP contribution in [0.1, 0.15) is 15.9 Å².